The third kappa shape index (κ3) is 5.73. The van der Waals surface area contributed by atoms with Crippen molar-refractivity contribution in [3.63, 3.8) is 0 Å². The van der Waals surface area contributed by atoms with Gasteiger partial charge in [0, 0.05) is 22.8 Å². The Labute approximate surface area is 218 Å². The van der Waals surface area contributed by atoms with Gasteiger partial charge in [-0.05, 0) is 60.3 Å². The molecule has 198 valence electrons. The Morgan fingerprint density at radius 1 is 0.972 bits per heavy atom. The van der Waals surface area contributed by atoms with Gasteiger partial charge >= 0.3 is 0 Å². The number of aryl methyl sites for hydroxylation is 1. The van der Waals surface area contributed by atoms with Crippen molar-refractivity contribution in [3.8, 4) is 28.4 Å². The molecule has 0 N–H and O–H groups in total. The van der Waals surface area contributed by atoms with Gasteiger partial charge < -0.3 is 23.4 Å². The van der Waals surface area contributed by atoms with Crippen molar-refractivity contribution in [1.82, 2.24) is 0 Å². The van der Waals surface area contributed by atoms with Gasteiger partial charge in [0.2, 0.25) is 5.90 Å². The number of rotatable bonds is 9. The zero-order valence-corrected chi connectivity index (χ0v) is 24.9. The summed E-state index contributed by atoms with van der Waals surface area (Å²) in [5.74, 6) is 3.17. The lowest BCUT2D eigenvalue weighted by atomic mass is 9.91. The number of methoxy groups -OCH3 is 3. The van der Waals surface area contributed by atoms with Crippen LogP contribution in [0.3, 0.4) is 0 Å². The van der Waals surface area contributed by atoms with Gasteiger partial charge in [0.05, 0.1) is 34.0 Å². The number of ether oxygens (including phenoxy) is 4. The Bertz CT molecular complexity index is 1120. The van der Waals surface area contributed by atoms with E-state index in [1.165, 1.54) is 0 Å². The maximum Gasteiger partial charge on any atom is 0.217 e. The SMILES string of the molecule is COc1cc(CO[Si](C)(C)C(C)(C)C)c(-c2c(OC)cc(C)cc2C2=N[C@@H](C(C)C)CO2)c(OC)c1. The van der Waals surface area contributed by atoms with Crippen LogP contribution in [0.2, 0.25) is 18.1 Å². The molecule has 0 fully saturated rings. The quantitative estimate of drug-likeness (QED) is 0.338. The lowest BCUT2D eigenvalue weighted by Gasteiger charge is -2.36. The summed E-state index contributed by atoms with van der Waals surface area (Å²) in [7, 11) is 3.01. The average molecular weight is 514 g/mol. The highest BCUT2D eigenvalue weighted by molar-refractivity contribution is 6.74. The molecule has 1 heterocycles. The first kappa shape index (κ1) is 28.1. The molecule has 6 nitrogen and oxygen atoms in total. The normalized spacial score (nSPS) is 16.1. The van der Waals surface area contributed by atoms with Gasteiger partial charge in [-0.15, -0.1) is 0 Å². The highest BCUT2D eigenvalue weighted by Gasteiger charge is 2.37. The molecule has 0 saturated carbocycles. The summed E-state index contributed by atoms with van der Waals surface area (Å²) in [6, 6.07) is 8.21. The molecule has 0 saturated heterocycles. The van der Waals surface area contributed by atoms with Gasteiger partial charge in [-0.1, -0.05) is 34.6 Å². The summed E-state index contributed by atoms with van der Waals surface area (Å²) in [6.07, 6.45) is 0. The minimum atomic E-state index is -2.02. The van der Waals surface area contributed by atoms with Crippen LogP contribution >= 0.6 is 0 Å². The Morgan fingerprint density at radius 3 is 2.14 bits per heavy atom. The van der Waals surface area contributed by atoms with Crippen LogP contribution in [-0.4, -0.2) is 48.2 Å². The lowest BCUT2D eigenvalue weighted by Crippen LogP contribution is -2.40. The van der Waals surface area contributed by atoms with E-state index in [4.69, 9.17) is 28.4 Å². The number of nitrogens with zero attached hydrogens (tertiary/aromatic N) is 1. The molecule has 1 aliphatic heterocycles. The van der Waals surface area contributed by atoms with Gasteiger partial charge in [-0.3, -0.25) is 0 Å². The van der Waals surface area contributed by atoms with Crippen molar-refractivity contribution in [2.75, 3.05) is 27.9 Å². The molecule has 1 atom stereocenters. The van der Waals surface area contributed by atoms with Crippen LogP contribution in [-0.2, 0) is 15.8 Å². The number of aliphatic imine (C=N–C) groups is 1. The topological polar surface area (TPSA) is 58.5 Å². The van der Waals surface area contributed by atoms with Crippen LogP contribution < -0.4 is 14.2 Å². The van der Waals surface area contributed by atoms with Gasteiger partial charge in [0.1, 0.15) is 23.9 Å². The molecule has 0 aliphatic carbocycles. The maximum absolute atomic E-state index is 6.68. The van der Waals surface area contributed by atoms with Crippen LogP contribution in [0.5, 0.6) is 17.2 Å². The third-order valence-corrected chi connectivity index (χ3v) is 11.9. The predicted octanol–water partition coefficient (Wildman–Crippen LogP) is 7.01. The van der Waals surface area contributed by atoms with E-state index in [0.29, 0.717) is 36.5 Å². The highest BCUT2D eigenvalue weighted by Crippen LogP contribution is 2.46. The monoisotopic (exact) mass is 513 g/mol. The van der Waals surface area contributed by atoms with Crippen LogP contribution in [0.4, 0.5) is 0 Å². The summed E-state index contributed by atoms with van der Waals surface area (Å²) < 4.78 is 30.3. The first-order chi connectivity index (χ1) is 16.8. The average Bonchev–Trinajstić information content (AvgIpc) is 3.31. The highest BCUT2D eigenvalue weighted by atomic mass is 28.4. The van der Waals surface area contributed by atoms with Gasteiger partial charge in [0.25, 0.3) is 0 Å². The van der Waals surface area contributed by atoms with E-state index >= 15 is 0 Å². The first-order valence-electron chi connectivity index (χ1n) is 12.6. The molecule has 3 rings (SSSR count). The molecule has 7 heteroatoms. The largest absolute Gasteiger partial charge is 0.497 e. The summed E-state index contributed by atoms with van der Waals surface area (Å²) in [5, 5.41) is 0.0844. The smallest absolute Gasteiger partial charge is 0.217 e. The van der Waals surface area contributed by atoms with E-state index in [-0.39, 0.29) is 11.1 Å². The summed E-state index contributed by atoms with van der Waals surface area (Å²) in [4.78, 5) is 4.95. The minimum Gasteiger partial charge on any atom is -0.497 e. The summed E-state index contributed by atoms with van der Waals surface area (Å²) in [5.41, 5.74) is 4.73. The molecule has 0 unspecified atom stereocenters. The predicted molar refractivity (Wildman–Crippen MR) is 149 cm³/mol. The second kappa shape index (κ2) is 10.8. The van der Waals surface area contributed by atoms with E-state index in [9.17, 15) is 0 Å². The molecule has 2 aromatic carbocycles. The molecule has 1 aliphatic rings. The molecule has 0 bridgehead atoms. The van der Waals surface area contributed by atoms with Gasteiger partial charge in [-0.2, -0.15) is 0 Å². The number of hydrogen-bond acceptors (Lipinski definition) is 6. The van der Waals surface area contributed by atoms with Crippen molar-refractivity contribution in [1.29, 1.82) is 0 Å². The molecule has 0 radical (unpaired) electrons. The molecule has 0 spiro atoms. The molecule has 0 amide bonds. The second-order valence-corrected chi connectivity index (χ2v) is 16.2. The number of hydrogen-bond donors (Lipinski definition) is 0. The fraction of sp³-hybridized carbons (Fsp3) is 0.552. The van der Waals surface area contributed by atoms with Crippen LogP contribution in [0.1, 0.15) is 51.3 Å². The summed E-state index contributed by atoms with van der Waals surface area (Å²) >= 11 is 0. The van der Waals surface area contributed by atoms with Crippen molar-refractivity contribution < 1.29 is 23.4 Å². The van der Waals surface area contributed by atoms with Crippen LogP contribution in [0.15, 0.2) is 29.3 Å². The minimum absolute atomic E-state index is 0.0844. The van der Waals surface area contributed by atoms with Gasteiger partial charge in [-0.25, -0.2) is 4.99 Å². The van der Waals surface area contributed by atoms with E-state index in [0.717, 1.165) is 33.6 Å². The van der Waals surface area contributed by atoms with Crippen LogP contribution in [0.25, 0.3) is 11.1 Å². The Morgan fingerprint density at radius 2 is 1.61 bits per heavy atom. The third-order valence-electron chi connectivity index (χ3n) is 7.40. The maximum atomic E-state index is 6.68. The van der Waals surface area contributed by atoms with Gasteiger partial charge in [0.15, 0.2) is 8.32 Å². The summed E-state index contributed by atoms with van der Waals surface area (Å²) in [6.45, 7) is 18.6. The van der Waals surface area contributed by atoms with E-state index in [1.807, 2.05) is 18.2 Å². The van der Waals surface area contributed by atoms with E-state index in [2.05, 4.69) is 60.7 Å². The van der Waals surface area contributed by atoms with Crippen LogP contribution in [0, 0.1) is 12.8 Å². The Kier molecular flexibility index (Phi) is 8.46. The Hall–Kier alpha value is -2.51. The second-order valence-electron chi connectivity index (χ2n) is 11.4. The molecular weight excluding hydrogens is 470 g/mol. The van der Waals surface area contributed by atoms with Crippen molar-refractivity contribution >= 4 is 14.2 Å². The first-order valence-corrected chi connectivity index (χ1v) is 15.5. The molecule has 2 aromatic rings. The van der Waals surface area contributed by atoms with Crippen molar-refractivity contribution in [2.24, 2.45) is 10.9 Å². The zero-order valence-electron chi connectivity index (χ0n) is 23.9. The van der Waals surface area contributed by atoms with Crippen molar-refractivity contribution in [3.05, 3.63) is 41.0 Å². The molecule has 0 aromatic heterocycles. The molecule has 36 heavy (non-hydrogen) atoms. The van der Waals surface area contributed by atoms with E-state index < -0.39 is 8.32 Å². The standard InChI is InChI=1S/C29H43NO5Si/c1-18(2)23-17-34-28(30-23)22-12-19(3)13-24(32-8)27(22)26-20(14-21(31-7)15-25(26)33-9)16-35-36(10,11)29(4,5)6/h12-15,18,23H,16-17H2,1-11H3/t23-/m1/s1. The Balaban J connectivity index is 2.28. The fourth-order valence-corrected chi connectivity index (χ4v) is 4.96. The zero-order chi connectivity index (χ0) is 26.8. The molecular formula is C29H43NO5Si. The van der Waals surface area contributed by atoms with Crippen molar-refractivity contribution in [2.45, 2.75) is 72.3 Å². The fourth-order valence-electron chi connectivity index (χ4n) is 4.02. The van der Waals surface area contributed by atoms with E-state index in [1.54, 1.807) is 21.3 Å². The number of benzene rings is 2. The lowest BCUT2D eigenvalue weighted by molar-refractivity contribution is 0.275.